The maximum Gasteiger partial charge on any atom is 0.270 e. The Morgan fingerprint density at radius 2 is 2.28 bits per heavy atom. The van der Waals surface area contributed by atoms with E-state index in [-0.39, 0.29) is 22.9 Å². The van der Waals surface area contributed by atoms with Crippen molar-refractivity contribution in [2.24, 2.45) is 0 Å². The van der Waals surface area contributed by atoms with Crippen LogP contribution in [0.4, 0.5) is 17.3 Å². The van der Waals surface area contributed by atoms with Crippen LogP contribution in [0.25, 0.3) is 0 Å². The van der Waals surface area contributed by atoms with Gasteiger partial charge >= 0.3 is 0 Å². The summed E-state index contributed by atoms with van der Waals surface area (Å²) < 4.78 is 0. The van der Waals surface area contributed by atoms with E-state index in [4.69, 9.17) is 0 Å². The summed E-state index contributed by atoms with van der Waals surface area (Å²) in [6.45, 7) is 3.08. The molecule has 1 aromatic carbocycles. The molecule has 0 amide bonds. The molecular formula is C16H16N6O3. The van der Waals surface area contributed by atoms with Crippen molar-refractivity contribution in [1.29, 1.82) is 5.26 Å². The first-order valence-electron chi connectivity index (χ1n) is 7.74. The van der Waals surface area contributed by atoms with E-state index in [1.165, 1.54) is 18.2 Å². The molecule has 1 unspecified atom stereocenters. The van der Waals surface area contributed by atoms with Crippen LogP contribution in [0.15, 0.2) is 29.1 Å². The van der Waals surface area contributed by atoms with Crippen LogP contribution >= 0.6 is 0 Å². The zero-order valence-corrected chi connectivity index (χ0v) is 13.5. The molecule has 0 bridgehead atoms. The number of H-pyrrole nitrogens is 1. The molecule has 9 heteroatoms. The van der Waals surface area contributed by atoms with Gasteiger partial charge in [0.1, 0.15) is 6.07 Å². The molecule has 2 N–H and O–H groups in total. The number of non-ortho nitro benzene ring substituents is 1. The Hall–Kier alpha value is -3.41. The van der Waals surface area contributed by atoms with Crippen LogP contribution < -0.4 is 15.8 Å². The van der Waals surface area contributed by atoms with Crippen molar-refractivity contribution in [3.05, 3.63) is 56.0 Å². The molecule has 9 nitrogen and oxygen atoms in total. The molecule has 25 heavy (non-hydrogen) atoms. The molecule has 2 aromatic rings. The second-order valence-electron chi connectivity index (χ2n) is 5.89. The second-order valence-corrected chi connectivity index (χ2v) is 5.89. The molecule has 1 fully saturated rings. The zero-order chi connectivity index (χ0) is 18.0. The molecule has 1 saturated heterocycles. The summed E-state index contributed by atoms with van der Waals surface area (Å²) >= 11 is 0. The number of rotatable bonds is 4. The maximum atomic E-state index is 11.6. The van der Waals surface area contributed by atoms with Gasteiger partial charge < -0.3 is 10.2 Å². The normalized spacial score (nSPS) is 16.5. The van der Waals surface area contributed by atoms with Crippen LogP contribution in [-0.2, 0) is 0 Å². The summed E-state index contributed by atoms with van der Waals surface area (Å²) in [5, 5.41) is 23.3. The Kier molecular flexibility index (Phi) is 4.35. The summed E-state index contributed by atoms with van der Waals surface area (Å²) in [5.74, 6) is 0.526. The smallest absolute Gasteiger partial charge is 0.270 e. The van der Waals surface area contributed by atoms with E-state index in [9.17, 15) is 20.2 Å². The molecule has 0 saturated carbocycles. The summed E-state index contributed by atoms with van der Waals surface area (Å²) in [6.07, 6.45) is 0.791. The van der Waals surface area contributed by atoms with E-state index in [0.717, 1.165) is 6.42 Å². The Morgan fingerprint density at radius 3 is 2.96 bits per heavy atom. The predicted molar refractivity (Wildman–Crippen MR) is 91.6 cm³/mol. The lowest BCUT2D eigenvalue weighted by Gasteiger charge is -2.18. The summed E-state index contributed by atoms with van der Waals surface area (Å²) in [7, 11) is 0. The van der Waals surface area contributed by atoms with Gasteiger partial charge in [0.25, 0.3) is 11.2 Å². The monoisotopic (exact) mass is 340 g/mol. The fourth-order valence-electron chi connectivity index (χ4n) is 2.87. The topological polar surface area (TPSA) is 128 Å². The highest BCUT2D eigenvalue weighted by Gasteiger charge is 2.25. The number of aromatic amines is 1. The molecule has 0 radical (unpaired) electrons. The molecule has 2 heterocycles. The van der Waals surface area contributed by atoms with Gasteiger partial charge in [0.15, 0.2) is 0 Å². The van der Waals surface area contributed by atoms with Gasteiger partial charge in [-0.15, -0.1) is 0 Å². The van der Waals surface area contributed by atoms with Crippen LogP contribution in [0.1, 0.15) is 17.7 Å². The summed E-state index contributed by atoms with van der Waals surface area (Å²) in [5.41, 5.74) is 1.13. The predicted octanol–water partition coefficient (Wildman–Crippen LogP) is 1.55. The third kappa shape index (κ3) is 3.58. The zero-order valence-electron chi connectivity index (χ0n) is 13.5. The van der Waals surface area contributed by atoms with Gasteiger partial charge in [-0.1, -0.05) is 0 Å². The first-order chi connectivity index (χ1) is 12.0. The molecule has 0 aliphatic carbocycles. The van der Waals surface area contributed by atoms with Crippen LogP contribution in [0.2, 0.25) is 0 Å². The highest BCUT2D eigenvalue weighted by atomic mass is 16.6. The van der Waals surface area contributed by atoms with E-state index < -0.39 is 4.92 Å². The van der Waals surface area contributed by atoms with Crippen molar-refractivity contribution in [3.63, 3.8) is 0 Å². The molecule has 1 atom stereocenters. The number of hydrogen-bond acceptors (Lipinski definition) is 7. The molecule has 128 valence electrons. The van der Waals surface area contributed by atoms with Crippen molar-refractivity contribution >= 4 is 17.3 Å². The van der Waals surface area contributed by atoms with E-state index in [0.29, 0.717) is 30.4 Å². The number of aromatic nitrogens is 2. The van der Waals surface area contributed by atoms with E-state index in [1.807, 2.05) is 11.0 Å². The number of nitrogens with zero attached hydrogens (tertiary/aromatic N) is 4. The third-order valence-corrected chi connectivity index (χ3v) is 4.04. The Labute approximate surface area is 143 Å². The summed E-state index contributed by atoms with van der Waals surface area (Å²) in [6, 6.07) is 7.64. The lowest BCUT2D eigenvalue weighted by atomic mass is 10.1. The minimum atomic E-state index is -0.526. The standard InChI is InChI=1S/C16H16N6O3/c1-10-6-15(23)20-16(18-10)21-5-4-12(9-21)19-14-3-2-13(22(24)25)7-11(14)8-17/h2-3,6-7,12,19H,4-5,9H2,1H3,(H,18,20,23). The second kappa shape index (κ2) is 6.60. The quantitative estimate of drug-likeness (QED) is 0.638. The van der Waals surface area contributed by atoms with Gasteiger partial charge in [0.2, 0.25) is 5.95 Å². The number of nitrogens with one attached hydrogen (secondary N) is 2. The number of hydrogen-bond donors (Lipinski definition) is 2. The van der Waals surface area contributed by atoms with Crippen molar-refractivity contribution in [2.45, 2.75) is 19.4 Å². The third-order valence-electron chi connectivity index (χ3n) is 4.04. The Morgan fingerprint density at radius 1 is 1.48 bits per heavy atom. The lowest BCUT2D eigenvalue weighted by molar-refractivity contribution is -0.384. The fourth-order valence-corrected chi connectivity index (χ4v) is 2.87. The SMILES string of the molecule is Cc1cc(=O)[nH]c(N2CCC(Nc3ccc([N+](=O)[O-])cc3C#N)C2)n1. The number of benzene rings is 1. The first kappa shape index (κ1) is 16.4. The largest absolute Gasteiger partial charge is 0.379 e. The fraction of sp³-hybridized carbons (Fsp3) is 0.312. The highest BCUT2D eigenvalue weighted by Crippen LogP contribution is 2.24. The summed E-state index contributed by atoms with van der Waals surface area (Å²) in [4.78, 5) is 30.9. The molecule has 3 rings (SSSR count). The number of anilines is 2. The number of aryl methyl sites for hydroxylation is 1. The van der Waals surface area contributed by atoms with Gasteiger partial charge in [-0.2, -0.15) is 5.26 Å². The van der Waals surface area contributed by atoms with Gasteiger partial charge in [-0.05, 0) is 19.4 Å². The van der Waals surface area contributed by atoms with Crippen LogP contribution in [0.3, 0.4) is 0 Å². The van der Waals surface area contributed by atoms with Crippen molar-refractivity contribution in [3.8, 4) is 6.07 Å². The van der Waals surface area contributed by atoms with Crippen LogP contribution in [0.5, 0.6) is 0 Å². The highest BCUT2D eigenvalue weighted by molar-refractivity contribution is 5.62. The average molecular weight is 340 g/mol. The van der Waals surface area contributed by atoms with Gasteiger partial charge in [0, 0.05) is 43.0 Å². The van der Waals surface area contributed by atoms with E-state index >= 15 is 0 Å². The van der Waals surface area contributed by atoms with Crippen molar-refractivity contribution in [2.75, 3.05) is 23.3 Å². The van der Waals surface area contributed by atoms with Gasteiger partial charge in [-0.3, -0.25) is 19.9 Å². The Bertz CT molecular complexity index is 917. The molecular weight excluding hydrogens is 324 g/mol. The average Bonchev–Trinajstić information content (AvgIpc) is 3.02. The van der Waals surface area contributed by atoms with Crippen molar-refractivity contribution in [1.82, 2.24) is 9.97 Å². The first-order valence-corrected chi connectivity index (χ1v) is 7.74. The minimum absolute atomic E-state index is 0.0411. The molecule has 0 spiro atoms. The minimum Gasteiger partial charge on any atom is -0.379 e. The number of nitro benzene ring substituents is 1. The maximum absolute atomic E-state index is 11.6. The Balaban J connectivity index is 1.74. The molecule has 1 aromatic heterocycles. The van der Waals surface area contributed by atoms with Crippen molar-refractivity contribution < 1.29 is 4.92 Å². The number of nitro groups is 1. The van der Waals surface area contributed by atoms with Gasteiger partial charge in [0.05, 0.1) is 16.2 Å². The van der Waals surface area contributed by atoms with E-state index in [1.54, 1.807) is 13.0 Å². The van der Waals surface area contributed by atoms with E-state index in [2.05, 4.69) is 15.3 Å². The van der Waals surface area contributed by atoms with Gasteiger partial charge in [-0.25, -0.2) is 4.98 Å². The molecule has 1 aliphatic rings. The van der Waals surface area contributed by atoms with Crippen LogP contribution in [-0.4, -0.2) is 34.0 Å². The molecule has 1 aliphatic heterocycles. The van der Waals surface area contributed by atoms with Crippen LogP contribution in [0, 0.1) is 28.4 Å². The number of nitriles is 1. The lowest BCUT2D eigenvalue weighted by Crippen LogP contribution is -2.29.